The van der Waals surface area contributed by atoms with E-state index < -0.39 is 0 Å². The lowest BCUT2D eigenvalue weighted by molar-refractivity contribution is 0.475. The number of halogens is 1. The molecule has 3 aromatic rings. The third kappa shape index (κ3) is 6.48. The average Bonchev–Trinajstić information content (AvgIpc) is 3.02. The molecule has 0 spiro atoms. The van der Waals surface area contributed by atoms with E-state index >= 15 is 0 Å². The summed E-state index contributed by atoms with van der Waals surface area (Å²) >= 11 is 0. The molecular weight excluding hydrogens is 414 g/mol. The first-order valence-corrected chi connectivity index (χ1v) is 11.5. The van der Waals surface area contributed by atoms with Gasteiger partial charge in [0, 0.05) is 12.6 Å². The Morgan fingerprint density at radius 3 is 2.38 bits per heavy atom. The Morgan fingerprint density at radius 2 is 1.66 bits per heavy atom. The van der Waals surface area contributed by atoms with Crippen molar-refractivity contribution >= 4 is 18.0 Å². The smallest absolute Gasteiger partial charge is 0.116 e. The quantitative estimate of drug-likeness (QED) is 0.403. The summed E-state index contributed by atoms with van der Waals surface area (Å²) in [5.41, 5.74) is 6.85. The van der Waals surface area contributed by atoms with Gasteiger partial charge in [0.05, 0.1) is 0 Å². The molecule has 1 aliphatic carbocycles. The monoisotopic (exact) mass is 447 g/mol. The summed E-state index contributed by atoms with van der Waals surface area (Å²) in [7, 11) is 0. The highest BCUT2D eigenvalue weighted by atomic mass is 35.5. The van der Waals surface area contributed by atoms with Crippen LogP contribution in [0.3, 0.4) is 0 Å². The molecule has 3 heteroatoms. The molecule has 0 bridgehead atoms. The van der Waals surface area contributed by atoms with E-state index in [0.29, 0.717) is 17.7 Å². The number of rotatable bonds is 7. The summed E-state index contributed by atoms with van der Waals surface area (Å²) in [4.78, 5) is 0. The molecule has 0 aliphatic heterocycles. The largest absolute Gasteiger partial charge is 0.508 e. The fourth-order valence-electron chi connectivity index (χ4n) is 4.76. The predicted octanol–water partition coefficient (Wildman–Crippen LogP) is 7.15. The Balaban J connectivity index is 0.00000289. The van der Waals surface area contributed by atoms with E-state index in [2.05, 4.69) is 79.0 Å². The van der Waals surface area contributed by atoms with Crippen LogP contribution in [0.4, 0.5) is 0 Å². The molecule has 2 nitrogen and oxygen atoms in total. The lowest BCUT2D eigenvalue weighted by Gasteiger charge is -2.20. The Bertz CT molecular complexity index is 1000. The number of benzene rings is 3. The van der Waals surface area contributed by atoms with Crippen LogP contribution in [0.25, 0.3) is 5.57 Å². The fourth-order valence-corrected chi connectivity index (χ4v) is 4.76. The van der Waals surface area contributed by atoms with Crippen molar-refractivity contribution in [2.24, 2.45) is 0 Å². The maximum Gasteiger partial charge on any atom is 0.116 e. The van der Waals surface area contributed by atoms with Crippen molar-refractivity contribution in [1.29, 1.82) is 0 Å². The molecular formula is C29H34ClNO. The third-order valence-electron chi connectivity index (χ3n) is 6.42. The summed E-state index contributed by atoms with van der Waals surface area (Å²) in [6.07, 6.45) is 5.57. The molecule has 0 saturated heterocycles. The Kier molecular flexibility index (Phi) is 8.96. The first-order chi connectivity index (χ1) is 15.2. The molecule has 0 amide bonds. The van der Waals surface area contributed by atoms with Crippen molar-refractivity contribution in [3.8, 4) is 5.75 Å². The van der Waals surface area contributed by atoms with Gasteiger partial charge >= 0.3 is 0 Å². The Morgan fingerprint density at radius 1 is 0.938 bits per heavy atom. The summed E-state index contributed by atoms with van der Waals surface area (Å²) in [5, 5.41) is 13.9. The molecule has 2 N–H and O–H groups in total. The van der Waals surface area contributed by atoms with Crippen LogP contribution in [0.5, 0.6) is 5.75 Å². The minimum absolute atomic E-state index is 0. The number of hydrogen-bond acceptors (Lipinski definition) is 2. The molecule has 0 radical (unpaired) electrons. The predicted molar refractivity (Wildman–Crippen MR) is 138 cm³/mol. The van der Waals surface area contributed by atoms with Gasteiger partial charge < -0.3 is 10.4 Å². The highest BCUT2D eigenvalue weighted by Gasteiger charge is 2.22. The van der Waals surface area contributed by atoms with Crippen molar-refractivity contribution < 1.29 is 5.11 Å². The SMILES string of the molecule is CC(Cc1ccccc1)NCC1=C(c2cccc(O)c2)CC(c2ccccc2)CCC1.Cl. The first-order valence-electron chi connectivity index (χ1n) is 11.5. The van der Waals surface area contributed by atoms with Crippen LogP contribution < -0.4 is 5.32 Å². The van der Waals surface area contributed by atoms with Crippen molar-refractivity contribution in [3.63, 3.8) is 0 Å². The molecule has 4 rings (SSSR count). The minimum Gasteiger partial charge on any atom is -0.508 e. The van der Waals surface area contributed by atoms with E-state index in [1.807, 2.05) is 12.1 Å². The van der Waals surface area contributed by atoms with Gasteiger partial charge in [-0.3, -0.25) is 0 Å². The zero-order valence-electron chi connectivity index (χ0n) is 18.8. The van der Waals surface area contributed by atoms with Crippen LogP contribution in [0, 0.1) is 0 Å². The van der Waals surface area contributed by atoms with Crippen molar-refractivity contribution in [3.05, 3.63) is 107 Å². The summed E-state index contributed by atoms with van der Waals surface area (Å²) in [6, 6.07) is 29.8. The van der Waals surface area contributed by atoms with Gasteiger partial charge in [-0.15, -0.1) is 12.4 Å². The van der Waals surface area contributed by atoms with Crippen LogP contribution >= 0.6 is 12.4 Å². The van der Waals surface area contributed by atoms with Crippen LogP contribution in [0.2, 0.25) is 0 Å². The molecule has 2 unspecified atom stereocenters. The molecule has 168 valence electrons. The summed E-state index contributed by atoms with van der Waals surface area (Å²) in [6.45, 7) is 3.17. The lowest BCUT2D eigenvalue weighted by atomic mass is 9.87. The highest BCUT2D eigenvalue weighted by Crippen LogP contribution is 2.39. The molecule has 0 saturated carbocycles. The van der Waals surface area contributed by atoms with Crippen LogP contribution in [-0.4, -0.2) is 17.7 Å². The van der Waals surface area contributed by atoms with Gasteiger partial charge in [-0.2, -0.15) is 0 Å². The normalized spacial score (nSPS) is 17.3. The van der Waals surface area contributed by atoms with Crippen molar-refractivity contribution in [2.45, 2.75) is 51.0 Å². The van der Waals surface area contributed by atoms with Crippen molar-refractivity contribution in [1.82, 2.24) is 5.32 Å². The second-order valence-electron chi connectivity index (χ2n) is 8.81. The maximum absolute atomic E-state index is 10.1. The van der Waals surface area contributed by atoms with Gasteiger partial charge in [0.25, 0.3) is 0 Å². The fraction of sp³-hybridized carbons (Fsp3) is 0.310. The number of allylic oxidation sites excluding steroid dienone is 1. The number of hydrogen-bond donors (Lipinski definition) is 2. The van der Waals surface area contributed by atoms with Gasteiger partial charge in [-0.25, -0.2) is 0 Å². The van der Waals surface area contributed by atoms with Gasteiger partial charge in [-0.1, -0.05) is 78.4 Å². The van der Waals surface area contributed by atoms with Crippen LogP contribution in [0.1, 0.15) is 55.2 Å². The molecule has 0 heterocycles. The Hall–Kier alpha value is -2.55. The second-order valence-corrected chi connectivity index (χ2v) is 8.81. The van der Waals surface area contributed by atoms with Crippen molar-refractivity contribution in [2.75, 3.05) is 6.54 Å². The van der Waals surface area contributed by atoms with Crippen LogP contribution in [-0.2, 0) is 6.42 Å². The number of phenolic OH excluding ortho intramolecular Hbond substituents is 1. The van der Waals surface area contributed by atoms with Gasteiger partial charge in [-0.05, 0) is 79.3 Å². The van der Waals surface area contributed by atoms with Gasteiger partial charge in [0.15, 0.2) is 0 Å². The van der Waals surface area contributed by atoms with Gasteiger partial charge in [0.1, 0.15) is 5.75 Å². The standard InChI is InChI=1S/C29H33NO.ClH/c1-22(18-23-10-4-2-5-11-23)30-21-27-16-8-14-25(24-12-6-3-7-13-24)20-29(27)26-15-9-17-28(31)19-26;/h2-7,9-13,15,17,19,22,25,30-31H,8,14,16,18,20-21H2,1H3;1H. The Labute approximate surface area is 198 Å². The maximum atomic E-state index is 10.1. The zero-order chi connectivity index (χ0) is 21.5. The number of phenols is 1. The van der Waals surface area contributed by atoms with Gasteiger partial charge in [0.2, 0.25) is 0 Å². The van der Waals surface area contributed by atoms with Crippen LogP contribution in [0.15, 0.2) is 90.5 Å². The third-order valence-corrected chi connectivity index (χ3v) is 6.42. The first kappa shape index (κ1) is 24.1. The summed E-state index contributed by atoms with van der Waals surface area (Å²) in [5.74, 6) is 0.869. The number of aromatic hydroxyl groups is 1. The minimum atomic E-state index is 0. The highest BCUT2D eigenvalue weighted by molar-refractivity contribution is 5.85. The molecule has 32 heavy (non-hydrogen) atoms. The summed E-state index contributed by atoms with van der Waals surface area (Å²) < 4.78 is 0. The van der Waals surface area contributed by atoms with E-state index in [4.69, 9.17) is 0 Å². The van der Waals surface area contributed by atoms with E-state index in [-0.39, 0.29) is 12.4 Å². The van der Waals surface area contributed by atoms with E-state index in [9.17, 15) is 5.11 Å². The molecule has 0 aromatic heterocycles. The van der Waals surface area contributed by atoms with E-state index in [1.165, 1.54) is 35.1 Å². The number of nitrogens with one attached hydrogen (secondary N) is 1. The second kappa shape index (κ2) is 11.9. The van der Waals surface area contributed by atoms with E-state index in [1.54, 1.807) is 6.07 Å². The molecule has 0 fully saturated rings. The lowest BCUT2D eigenvalue weighted by Crippen LogP contribution is -2.30. The average molecular weight is 448 g/mol. The molecule has 2 atom stereocenters. The molecule has 1 aliphatic rings. The molecule has 3 aromatic carbocycles. The zero-order valence-corrected chi connectivity index (χ0v) is 19.7. The van der Waals surface area contributed by atoms with E-state index in [0.717, 1.165) is 31.4 Å². The topological polar surface area (TPSA) is 32.3 Å².